The molecule has 0 unspecified atom stereocenters. The highest BCUT2D eigenvalue weighted by atomic mass is 16.7. The van der Waals surface area contributed by atoms with Crippen LogP contribution >= 0.6 is 0 Å². The highest BCUT2D eigenvalue weighted by molar-refractivity contribution is 5.02. The van der Waals surface area contributed by atoms with E-state index in [9.17, 15) is 0 Å². The van der Waals surface area contributed by atoms with Gasteiger partial charge in [-0.2, -0.15) is 5.90 Å². The van der Waals surface area contributed by atoms with Gasteiger partial charge in [-0.1, -0.05) is 26.0 Å². The van der Waals surface area contributed by atoms with Gasteiger partial charge in [-0.3, -0.25) is 0 Å². The molecule has 0 aromatic rings. The highest BCUT2D eigenvalue weighted by Crippen LogP contribution is 2.03. The second-order valence-corrected chi connectivity index (χ2v) is 3.02. The van der Waals surface area contributed by atoms with E-state index in [-0.39, 0.29) is 5.95 Å². The van der Waals surface area contributed by atoms with E-state index in [0.29, 0.717) is 5.92 Å². The number of hydrogen-bond donors (Lipinski definition) is 2. The van der Waals surface area contributed by atoms with Crippen molar-refractivity contribution in [3.05, 3.63) is 24.2 Å². The lowest BCUT2D eigenvalue weighted by atomic mass is 10.1. The molecule has 0 aliphatic rings. The van der Waals surface area contributed by atoms with Crippen molar-refractivity contribution in [3.63, 3.8) is 0 Å². The van der Waals surface area contributed by atoms with Gasteiger partial charge in [0.25, 0.3) is 5.95 Å². The number of nitrogens with two attached hydrogens (primary N) is 1. The molecule has 3 nitrogen and oxygen atoms in total. The number of rotatable bonds is 5. The summed E-state index contributed by atoms with van der Waals surface area (Å²) in [6.45, 7) is 4.34. The largest absolute Gasteiger partial charge is 0.480 e. The van der Waals surface area contributed by atoms with E-state index >= 15 is 0 Å². The van der Waals surface area contributed by atoms with Gasteiger partial charge in [-0.15, -0.1) is 0 Å². The summed E-state index contributed by atoms with van der Waals surface area (Å²) >= 11 is 0. The van der Waals surface area contributed by atoms with Crippen molar-refractivity contribution >= 4 is 0 Å². The Balaban J connectivity index is 3.50. The lowest BCUT2D eigenvalue weighted by Crippen LogP contribution is -1.96. The van der Waals surface area contributed by atoms with Gasteiger partial charge in [0.15, 0.2) is 0 Å². The molecule has 12 heavy (non-hydrogen) atoms. The minimum atomic E-state index is -0.268. The minimum Gasteiger partial charge on any atom is -0.480 e. The van der Waals surface area contributed by atoms with Crippen molar-refractivity contribution in [3.8, 4) is 0 Å². The van der Waals surface area contributed by atoms with Crippen LogP contribution in [-0.2, 0) is 4.84 Å². The first-order valence-electron chi connectivity index (χ1n) is 4.09. The van der Waals surface area contributed by atoms with Crippen LogP contribution in [0.2, 0.25) is 0 Å². The van der Waals surface area contributed by atoms with E-state index in [1.54, 1.807) is 6.08 Å². The Bertz CT molecular complexity index is 162. The molecule has 0 fully saturated rings. The second-order valence-electron chi connectivity index (χ2n) is 3.02. The van der Waals surface area contributed by atoms with Gasteiger partial charge in [0.2, 0.25) is 0 Å². The second kappa shape index (κ2) is 6.73. The SMILES string of the molecule is CC(C)CC/C=C\C=C(\O)ON. The lowest BCUT2D eigenvalue weighted by Gasteiger charge is -1.98. The van der Waals surface area contributed by atoms with Crippen LogP contribution in [0.3, 0.4) is 0 Å². The predicted molar refractivity (Wildman–Crippen MR) is 49.2 cm³/mol. The number of hydrogen-bond acceptors (Lipinski definition) is 3. The van der Waals surface area contributed by atoms with E-state index in [2.05, 4.69) is 24.6 Å². The molecule has 0 heterocycles. The van der Waals surface area contributed by atoms with E-state index in [1.165, 1.54) is 6.08 Å². The van der Waals surface area contributed by atoms with Crippen LogP contribution in [-0.4, -0.2) is 5.11 Å². The van der Waals surface area contributed by atoms with Crippen molar-refractivity contribution in [1.29, 1.82) is 0 Å². The summed E-state index contributed by atoms with van der Waals surface area (Å²) in [5, 5.41) is 8.73. The lowest BCUT2D eigenvalue weighted by molar-refractivity contribution is 0.0948. The molecule has 0 saturated heterocycles. The van der Waals surface area contributed by atoms with Crippen LogP contribution < -0.4 is 5.90 Å². The third kappa shape index (κ3) is 7.15. The third-order valence-corrected chi connectivity index (χ3v) is 1.41. The van der Waals surface area contributed by atoms with Gasteiger partial charge in [0, 0.05) is 6.08 Å². The summed E-state index contributed by atoms with van der Waals surface area (Å²) in [5.41, 5.74) is 0. The van der Waals surface area contributed by atoms with Crippen molar-refractivity contribution in [2.75, 3.05) is 0 Å². The standard InChI is InChI=1S/C9H17NO2/c1-8(2)6-4-3-5-7-9(11)12-10/h3,5,7-8,11H,4,6,10H2,1-2H3/b5-3-,9-7-. The first-order chi connectivity index (χ1) is 5.66. The fourth-order valence-electron chi connectivity index (χ4n) is 0.715. The zero-order valence-corrected chi connectivity index (χ0v) is 7.66. The zero-order valence-electron chi connectivity index (χ0n) is 7.66. The minimum absolute atomic E-state index is 0.268. The van der Waals surface area contributed by atoms with Gasteiger partial charge >= 0.3 is 0 Å². The quantitative estimate of drug-likeness (QED) is 0.379. The molecule has 0 atom stereocenters. The summed E-state index contributed by atoms with van der Waals surface area (Å²) in [4.78, 5) is 4.04. The zero-order chi connectivity index (χ0) is 9.40. The maximum Gasteiger partial charge on any atom is 0.296 e. The van der Waals surface area contributed by atoms with Crippen LogP contribution in [0.25, 0.3) is 0 Å². The predicted octanol–water partition coefficient (Wildman–Crippen LogP) is 2.27. The Morgan fingerprint density at radius 1 is 1.58 bits per heavy atom. The molecule has 0 saturated carbocycles. The van der Waals surface area contributed by atoms with Crippen LogP contribution in [0.5, 0.6) is 0 Å². The molecule has 0 amide bonds. The molecule has 3 heteroatoms. The summed E-state index contributed by atoms with van der Waals surface area (Å²) < 4.78 is 0. The summed E-state index contributed by atoms with van der Waals surface area (Å²) in [6.07, 6.45) is 7.26. The van der Waals surface area contributed by atoms with Gasteiger partial charge in [-0.25, -0.2) is 0 Å². The van der Waals surface area contributed by atoms with Gasteiger partial charge in [-0.05, 0) is 18.8 Å². The summed E-state index contributed by atoms with van der Waals surface area (Å²) in [5.74, 6) is 5.12. The van der Waals surface area contributed by atoms with Crippen molar-refractivity contribution in [2.45, 2.75) is 26.7 Å². The maximum atomic E-state index is 8.73. The highest BCUT2D eigenvalue weighted by Gasteiger charge is 1.89. The van der Waals surface area contributed by atoms with Gasteiger partial charge < -0.3 is 9.94 Å². The number of aliphatic hydroxyl groups excluding tert-OH is 1. The van der Waals surface area contributed by atoms with Crippen LogP contribution in [0.1, 0.15) is 26.7 Å². The van der Waals surface area contributed by atoms with Crippen molar-refractivity contribution in [2.24, 2.45) is 11.8 Å². The molecule has 0 aromatic heterocycles. The van der Waals surface area contributed by atoms with Crippen LogP contribution in [0.4, 0.5) is 0 Å². The normalized spacial score (nSPS) is 12.8. The molecule has 0 aromatic carbocycles. The van der Waals surface area contributed by atoms with Crippen LogP contribution in [0, 0.1) is 5.92 Å². The third-order valence-electron chi connectivity index (χ3n) is 1.41. The Kier molecular flexibility index (Phi) is 6.19. The van der Waals surface area contributed by atoms with Crippen molar-refractivity contribution in [1.82, 2.24) is 0 Å². The number of allylic oxidation sites excluding steroid dienone is 3. The summed E-state index contributed by atoms with van der Waals surface area (Å²) in [7, 11) is 0. The topological polar surface area (TPSA) is 55.5 Å². The monoisotopic (exact) mass is 171 g/mol. The molecule has 0 bridgehead atoms. The molecule has 0 aliphatic carbocycles. The first kappa shape index (κ1) is 11.0. The molecule has 0 aliphatic heterocycles. The first-order valence-corrected chi connectivity index (χ1v) is 4.09. The average Bonchev–Trinajstić information content (AvgIpc) is 2.03. The smallest absolute Gasteiger partial charge is 0.296 e. The fourth-order valence-corrected chi connectivity index (χ4v) is 0.715. The van der Waals surface area contributed by atoms with Gasteiger partial charge in [0.1, 0.15) is 0 Å². The Morgan fingerprint density at radius 3 is 2.75 bits per heavy atom. The van der Waals surface area contributed by atoms with Crippen LogP contribution in [0.15, 0.2) is 24.2 Å². The molecular weight excluding hydrogens is 154 g/mol. The van der Waals surface area contributed by atoms with Gasteiger partial charge in [0.05, 0.1) is 0 Å². The van der Waals surface area contributed by atoms with Crippen molar-refractivity contribution < 1.29 is 9.94 Å². The molecule has 3 N–H and O–H groups in total. The molecule has 0 radical (unpaired) electrons. The molecular formula is C9H17NO2. The average molecular weight is 171 g/mol. The maximum absolute atomic E-state index is 8.73. The fraction of sp³-hybridized carbons (Fsp3) is 0.556. The molecule has 0 spiro atoms. The van der Waals surface area contributed by atoms with E-state index < -0.39 is 0 Å². The summed E-state index contributed by atoms with van der Waals surface area (Å²) in [6, 6.07) is 0. The molecule has 0 rings (SSSR count). The Morgan fingerprint density at radius 2 is 2.25 bits per heavy atom. The number of aliphatic hydroxyl groups is 1. The Labute approximate surface area is 73.5 Å². The van der Waals surface area contributed by atoms with E-state index in [0.717, 1.165) is 12.8 Å². The van der Waals surface area contributed by atoms with E-state index in [4.69, 9.17) is 5.11 Å². The van der Waals surface area contributed by atoms with E-state index in [1.807, 2.05) is 6.08 Å². The Hall–Kier alpha value is -0.960. The molecule has 70 valence electrons.